The van der Waals surface area contributed by atoms with Gasteiger partial charge in [-0.15, -0.1) is 0 Å². The largest absolute Gasteiger partial charge is 0.377 e. The van der Waals surface area contributed by atoms with E-state index in [1.54, 1.807) is 0 Å². The quantitative estimate of drug-likeness (QED) is 0.819. The van der Waals surface area contributed by atoms with Gasteiger partial charge in [0.15, 0.2) is 0 Å². The van der Waals surface area contributed by atoms with E-state index in [9.17, 15) is 0 Å². The highest BCUT2D eigenvalue weighted by Gasteiger charge is 2.08. The van der Waals surface area contributed by atoms with Crippen LogP contribution >= 0.6 is 0 Å². The predicted octanol–water partition coefficient (Wildman–Crippen LogP) is 2.38. The van der Waals surface area contributed by atoms with Crippen LogP contribution in [0.5, 0.6) is 0 Å². The number of anilines is 1. The molecule has 1 aromatic carbocycles. The van der Waals surface area contributed by atoms with Gasteiger partial charge in [-0.3, -0.25) is 0 Å². The lowest BCUT2D eigenvalue weighted by Crippen LogP contribution is -2.13. The van der Waals surface area contributed by atoms with E-state index in [0.29, 0.717) is 12.5 Å². The third-order valence-corrected chi connectivity index (χ3v) is 2.63. The Balaban J connectivity index is 3.09. The van der Waals surface area contributed by atoms with Crippen molar-refractivity contribution in [3.05, 3.63) is 29.3 Å². The normalized spacial score (nSPS) is 10.8. The summed E-state index contributed by atoms with van der Waals surface area (Å²) in [5.41, 5.74) is 9.61. The molecule has 0 saturated carbocycles. The first-order valence-corrected chi connectivity index (χ1v) is 5.56. The van der Waals surface area contributed by atoms with E-state index >= 15 is 0 Å². The van der Waals surface area contributed by atoms with E-state index in [1.165, 1.54) is 16.8 Å². The number of nitrogens with two attached hydrogens (primary N) is 1. The van der Waals surface area contributed by atoms with Crippen molar-refractivity contribution < 1.29 is 0 Å². The van der Waals surface area contributed by atoms with Crippen molar-refractivity contribution in [3.63, 3.8) is 0 Å². The first-order chi connectivity index (χ1) is 7.06. The molecule has 0 bridgehead atoms. The summed E-state index contributed by atoms with van der Waals surface area (Å²) in [5, 5.41) is 0. The Kier molecular flexibility index (Phi) is 4.15. The Labute approximate surface area is 93.1 Å². The van der Waals surface area contributed by atoms with Gasteiger partial charge in [0.2, 0.25) is 0 Å². The fourth-order valence-electron chi connectivity index (χ4n) is 1.79. The second-order valence-electron chi connectivity index (χ2n) is 4.48. The molecule has 0 spiro atoms. The minimum Gasteiger partial charge on any atom is -0.377 e. The SMILES string of the molecule is CC(C)c1ccc(CCN)cc1N(C)C. The zero-order valence-electron chi connectivity index (χ0n) is 10.2. The van der Waals surface area contributed by atoms with Gasteiger partial charge in [0, 0.05) is 19.8 Å². The molecule has 0 radical (unpaired) electrons. The molecule has 0 fully saturated rings. The molecule has 1 rings (SSSR count). The molecule has 0 aliphatic rings. The molecule has 84 valence electrons. The van der Waals surface area contributed by atoms with Gasteiger partial charge in [-0.2, -0.15) is 0 Å². The fourth-order valence-corrected chi connectivity index (χ4v) is 1.79. The smallest absolute Gasteiger partial charge is 0.0398 e. The van der Waals surface area contributed by atoms with Crippen LogP contribution in [0.1, 0.15) is 30.9 Å². The highest BCUT2D eigenvalue weighted by atomic mass is 15.1. The summed E-state index contributed by atoms with van der Waals surface area (Å²) in [5.74, 6) is 0.564. The number of hydrogen-bond acceptors (Lipinski definition) is 2. The van der Waals surface area contributed by atoms with Crippen molar-refractivity contribution >= 4 is 5.69 Å². The molecule has 0 aromatic heterocycles. The maximum Gasteiger partial charge on any atom is 0.0398 e. The van der Waals surface area contributed by atoms with Crippen molar-refractivity contribution in [2.75, 3.05) is 25.5 Å². The van der Waals surface area contributed by atoms with Gasteiger partial charge < -0.3 is 10.6 Å². The van der Waals surface area contributed by atoms with E-state index in [-0.39, 0.29) is 0 Å². The summed E-state index contributed by atoms with van der Waals surface area (Å²) in [6.07, 6.45) is 0.958. The minimum absolute atomic E-state index is 0.564. The zero-order chi connectivity index (χ0) is 11.4. The van der Waals surface area contributed by atoms with Crippen LogP contribution in [-0.2, 0) is 6.42 Å². The van der Waals surface area contributed by atoms with Crippen molar-refractivity contribution in [1.82, 2.24) is 0 Å². The van der Waals surface area contributed by atoms with Crippen LogP contribution in [0, 0.1) is 0 Å². The molecular formula is C13H22N2. The first-order valence-electron chi connectivity index (χ1n) is 5.56. The van der Waals surface area contributed by atoms with E-state index in [2.05, 4.69) is 51.0 Å². The second-order valence-corrected chi connectivity index (χ2v) is 4.48. The summed E-state index contributed by atoms with van der Waals surface area (Å²) >= 11 is 0. The Morgan fingerprint density at radius 1 is 1.27 bits per heavy atom. The third-order valence-electron chi connectivity index (χ3n) is 2.63. The van der Waals surface area contributed by atoms with Crippen LogP contribution in [-0.4, -0.2) is 20.6 Å². The monoisotopic (exact) mass is 206 g/mol. The summed E-state index contributed by atoms with van der Waals surface area (Å²) in [6, 6.07) is 6.67. The summed E-state index contributed by atoms with van der Waals surface area (Å²) in [7, 11) is 4.18. The lowest BCUT2D eigenvalue weighted by molar-refractivity contribution is 0.854. The van der Waals surface area contributed by atoms with Crippen LogP contribution < -0.4 is 10.6 Å². The molecule has 0 atom stereocenters. The van der Waals surface area contributed by atoms with Crippen molar-refractivity contribution in [1.29, 1.82) is 0 Å². The van der Waals surface area contributed by atoms with Gasteiger partial charge in [0.25, 0.3) is 0 Å². The lowest BCUT2D eigenvalue weighted by atomic mass is 9.98. The Morgan fingerprint density at radius 3 is 2.40 bits per heavy atom. The third kappa shape index (κ3) is 2.96. The van der Waals surface area contributed by atoms with E-state index < -0.39 is 0 Å². The summed E-state index contributed by atoms with van der Waals surface area (Å²) < 4.78 is 0. The molecule has 2 heteroatoms. The number of hydrogen-bond donors (Lipinski definition) is 1. The highest BCUT2D eigenvalue weighted by Crippen LogP contribution is 2.27. The van der Waals surface area contributed by atoms with E-state index in [0.717, 1.165) is 6.42 Å². The lowest BCUT2D eigenvalue weighted by Gasteiger charge is -2.20. The van der Waals surface area contributed by atoms with Crippen molar-refractivity contribution in [2.24, 2.45) is 5.73 Å². The molecule has 1 aromatic rings. The van der Waals surface area contributed by atoms with Crippen LogP contribution in [0.4, 0.5) is 5.69 Å². The van der Waals surface area contributed by atoms with E-state index in [4.69, 9.17) is 5.73 Å². The van der Waals surface area contributed by atoms with Crippen LogP contribution in [0.15, 0.2) is 18.2 Å². The standard InChI is InChI=1S/C13H22N2/c1-10(2)12-6-5-11(7-8-14)9-13(12)15(3)4/h5-6,9-10H,7-8,14H2,1-4H3. The molecule has 0 aliphatic heterocycles. The maximum atomic E-state index is 5.57. The maximum absolute atomic E-state index is 5.57. The molecule has 0 heterocycles. The van der Waals surface area contributed by atoms with Crippen LogP contribution in [0.25, 0.3) is 0 Å². The van der Waals surface area contributed by atoms with Gasteiger partial charge in [-0.1, -0.05) is 26.0 Å². The molecule has 15 heavy (non-hydrogen) atoms. The molecule has 0 saturated heterocycles. The van der Waals surface area contributed by atoms with Crippen molar-refractivity contribution in [3.8, 4) is 0 Å². The number of nitrogens with zero attached hydrogens (tertiary/aromatic N) is 1. The molecule has 0 aliphatic carbocycles. The Hall–Kier alpha value is -1.02. The van der Waals surface area contributed by atoms with Gasteiger partial charge in [0.05, 0.1) is 0 Å². The van der Waals surface area contributed by atoms with Gasteiger partial charge in [-0.05, 0) is 36.1 Å². The Bertz CT molecular complexity index is 316. The van der Waals surface area contributed by atoms with Gasteiger partial charge >= 0.3 is 0 Å². The van der Waals surface area contributed by atoms with Crippen LogP contribution in [0.2, 0.25) is 0 Å². The predicted molar refractivity (Wildman–Crippen MR) is 67.6 cm³/mol. The molecule has 0 amide bonds. The Morgan fingerprint density at radius 2 is 1.93 bits per heavy atom. The summed E-state index contributed by atoms with van der Waals surface area (Å²) in [4.78, 5) is 2.18. The molecule has 2 N–H and O–H groups in total. The van der Waals surface area contributed by atoms with Crippen molar-refractivity contribution in [2.45, 2.75) is 26.2 Å². The average Bonchev–Trinajstić information content (AvgIpc) is 2.17. The summed E-state index contributed by atoms with van der Waals surface area (Å²) in [6.45, 7) is 5.17. The molecular weight excluding hydrogens is 184 g/mol. The number of rotatable bonds is 4. The average molecular weight is 206 g/mol. The van der Waals surface area contributed by atoms with E-state index in [1.807, 2.05) is 0 Å². The topological polar surface area (TPSA) is 29.3 Å². The second kappa shape index (κ2) is 5.17. The molecule has 0 unspecified atom stereocenters. The minimum atomic E-state index is 0.564. The first kappa shape index (κ1) is 12.1. The van der Waals surface area contributed by atoms with Gasteiger partial charge in [0.1, 0.15) is 0 Å². The van der Waals surface area contributed by atoms with Crippen LogP contribution in [0.3, 0.4) is 0 Å². The fraction of sp³-hybridized carbons (Fsp3) is 0.538. The van der Waals surface area contributed by atoms with Gasteiger partial charge in [-0.25, -0.2) is 0 Å². The molecule has 2 nitrogen and oxygen atoms in total. The zero-order valence-corrected chi connectivity index (χ0v) is 10.2. The highest BCUT2D eigenvalue weighted by molar-refractivity contribution is 5.55. The number of benzene rings is 1.